The van der Waals surface area contributed by atoms with Crippen molar-refractivity contribution in [2.75, 3.05) is 13.1 Å². The summed E-state index contributed by atoms with van der Waals surface area (Å²) in [6.45, 7) is 0.564. The molecule has 8 nitrogen and oxygen atoms in total. The Morgan fingerprint density at radius 1 is 1.14 bits per heavy atom. The third-order valence-electron chi connectivity index (χ3n) is 4.54. The summed E-state index contributed by atoms with van der Waals surface area (Å²) in [7, 11) is -3.63. The Labute approximate surface area is 167 Å². The third-order valence-corrected chi connectivity index (χ3v) is 6.31. The van der Waals surface area contributed by atoms with Crippen LogP contribution in [0.4, 0.5) is 5.69 Å². The van der Waals surface area contributed by atoms with E-state index in [0.717, 1.165) is 0 Å². The Hall–Kier alpha value is -2.49. The van der Waals surface area contributed by atoms with E-state index in [1.54, 1.807) is 18.2 Å². The lowest BCUT2D eigenvalue weighted by atomic mass is 10.0. The van der Waals surface area contributed by atoms with Crippen LogP contribution >= 0.6 is 11.6 Å². The van der Waals surface area contributed by atoms with Crippen molar-refractivity contribution in [2.45, 2.75) is 23.8 Å². The molecular formula is C18H18ClN3O5S. The lowest BCUT2D eigenvalue weighted by Gasteiger charge is -2.32. The van der Waals surface area contributed by atoms with E-state index in [1.165, 1.54) is 35.2 Å². The Kier molecular flexibility index (Phi) is 5.97. The minimum atomic E-state index is -3.63. The molecule has 28 heavy (non-hydrogen) atoms. The summed E-state index contributed by atoms with van der Waals surface area (Å²) in [6.07, 6.45) is 0.818. The molecule has 2 aromatic rings. The summed E-state index contributed by atoms with van der Waals surface area (Å²) in [6, 6.07) is 11.6. The standard InChI is InChI=1S/C18H18ClN3O5S/c19-13-6-7-17(22(24)25)16(12-13)18(23)21-10-8-14(9-11-21)20-28(26,27)15-4-2-1-3-5-15/h1-7,12,14,20H,8-11H2. The van der Waals surface area contributed by atoms with Crippen LogP contribution in [0.5, 0.6) is 0 Å². The van der Waals surface area contributed by atoms with Crippen LogP contribution < -0.4 is 4.72 Å². The van der Waals surface area contributed by atoms with Gasteiger partial charge in [0.2, 0.25) is 10.0 Å². The topological polar surface area (TPSA) is 110 Å². The number of carbonyl (C=O) groups is 1. The lowest BCUT2D eigenvalue weighted by molar-refractivity contribution is -0.385. The molecule has 1 saturated heterocycles. The second kappa shape index (κ2) is 8.26. The van der Waals surface area contributed by atoms with Gasteiger partial charge in [-0.25, -0.2) is 13.1 Å². The van der Waals surface area contributed by atoms with Gasteiger partial charge in [0.05, 0.1) is 9.82 Å². The first-order valence-corrected chi connectivity index (χ1v) is 10.4. The van der Waals surface area contributed by atoms with E-state index in [1.807, 2.05) is 0 Å². The molecule has 0 aliphatic carbocycles. The third kappa shape index (κ3) is 4.49. The van der Waals surface area contributed by atoms with Crippen molar-refractivity contribution >= 4 is 33.2 Å². The van der Waals surface area contributed by atoms with E-state index in [2.05, 4.69) is 4.72 Å². The Morgan fingerprint density at radius 3 is 2.39 bits per heavy atom. The molecule has 1 aliphatic rings. The van der Waals surface area contributed by atoms with Crippen LogP contribution in [0.2, 0.25) is 5.02 Å². The molecular weight excluding hydrogens is 406 g/mol. The van der Waals surface area contributed by atoms with Crippen LogP contribution in [0.25, 0.3) is 0 Å². The fourth-order valence-electron chi connectivity index (χ4n) is 3.10. The number of benzene rings is 2. The number of amides is 1. The molecule has 0 saturated carbocycles. The minimum Gasteiger partial charge on any atom is -0.338 e. The smallest absolute Gasteiger partial charge is 0.282 e. The van der Waals surface area contributed by atoms with E-state index < -0.39 is 20.9 Å². The predicted molar refractivity (Wildman–Crippen MR) is 104 cm³/mol. The number of likely N-dealkylation sites (tertiary alicyclic amines) is 1. The van der Waals surface area contributed by atoms with Gasteiger partial charge in [-0.2, -0.15) is 0 Å². The maximum Gasteiger partial charge on any atom is 0.282 e. The monoisotopic (exact) mass is 423 g/mol. The van der Waals surface area contributed by atoms with Crippen molar-refractivity contribution < 1.29 is 18.1 Å². The molecule has 1 amide bonds. The normalized spacial score (nSPS) is 15.4. The molecule has 0 spiro atoms. The van der Waals surface area contributed by atoms with Gasteiger partial charge < -0.3 is 4.90 Å². The number of nitro benzene ring substituents is 1. The number of nitrogens with one attached hydrogen (secondary N) is 1. The fraction of sp³-hybridized carbons (Fsp3) is 0.278. The quantitative estimate of drug-likeness (QED) is 0.587. The Bertz CT molecular complexity index is 990. The number of nitrogens with zero attached hydrogens (tertiary/aromatic N) is 2. The highest BCUT2D eigenvalue weighted by atomic mass is 35.5. The summed E-state index contributed by atoms with van der Waals surface area (Å²) in [4.78, 5) is 24.9. The predicted octanol–water partition coefficient (Wildman–Crippen LogP) is 2.83. The molecule has 0 atom stereocenters. The largest absolute Gasteiger partial charge is 0.338 e. The molecule has 0 unspecified atom stereocenters. The van der Waals surface area contributed by atoms with Gasteiger partial charge in [-0.1, -0.05) is 29.8 Å². The summed E-state index contributed by atoms with van der Waals surface area (Å²) >= 11 is 5.89. The van der Waals surface area contributed by atoms with Crippen LogP contribution in [0, 0.1) is 10.1 Å². The van der Waals surface area contributed by atoms with Crippen molar-refractivity contribution in [3.8, 4) is 0 Å². The average molecular weight is 424 g/mol. The van der Waals surface area contributed by atoms with Gasteiger partial charge in [-0.3, -0.25) is 14.9 Å². The van der Waals surface area contributed by atoms with Gasteiger partial charge in [-0.15, -0.1) is 0 Å². The molecule has 148 valence electrons. The first-order chi connectivity index (χ1) is 13.3. The van der Waals surface area contributed by atoms with Gasteiger partial charge in [0.15, 0.2) is 0 Å². The number of carbonyl (C=O) groups excluding carboxylic acids is 1. The van der Waals surface area contributed by atoms with Crippen LogP contribution in [0.3, 0.4) is 0 Å². The van der Waals surface area contributed by atoms with Gasteiger partial charge >= 0.3 is 0 Å². The molecule has 1 heterocycles. The highest BCUT2D eigenvalue weighted by Gasteiger charge is 2.30. The van der Waals surface area contributed by atoms with E-state index in [4.69, 9.17) is 11.6 Å². The molecule has 1 fully saturated rings. The van der Waals surface area contributed by atoms with Crippen molar-refractivity contribution in [3.63, 3.8) is 0 Å². The van der Waals surface area contributed by atoms with E-state index >= 15 is 0 Å². The molecule has 3 rings (SSSR count). The maximum absolute atomic E-state index is 12.7. The van der Waals surface area contributed by atoms with Crippen molar-refractivity contribution in [1.82, 2.24) is 9.62 Å². The van der Waals surface area contributed by atoms with Crippen molar-refractivity contribution in [2.24, 2.45) is 0 Å². The van der Waals surface area contributed by atoms with E-state index in [0.29, 0.717) is 12.8 Å². The highest BCUT2D eigenvalue weighted by molar-refractivity contribution is 7.89. The second-order valence-corrected chi connectivity index (χ2v) is 8.57. The van der Waals surface area contributed by atoms with Crippen LogP contribution in [0.1, 0.15) is 23.2 Å². The van der Waals surface area contributed by atoms with Crippen LogP contribution in [0.15, 0.2) is 53.4 Å². The lowest BCUT2D eigenvalue weighted by Crippen LogP contribution is -2.46. The molecule has 1 N–H and O–H groups in total. The van der Waals surface area contributed by atoms with Crippen molar-refractivity contribution in [3.05, 3.63) is 69.2 Å². The number of halogens is 1. The second-order valence-electron chi connectivity index (χ2n) is 6.42. The average Bonchev–Trinajstić information content (AvgIpc) is 2.68. The minimum absolute atomic E-state index is 0.0687. The molecule has 2 aromatic carbocycles. The molecule has 0 radical (unpaired) electrons. The van der Waals surface area contributed by atoms with Gasteiger partial charge in [0, 0.05) is 30.2 Å². The van der Waals surface area contributed by atoms with Gasteiger partial charge in [0.1, 0.15) is 5.56 Å². The molecule has 10 heteroatoms. The maximum atomic E-state index is 12.7. The number of sulfonamides is 1. The molecule has 0 aromatic heterocycles. The van der Waals surface area contributed by atoms with E-state index in [9.17, 15) is 23.3 Å². The Balaban J connectivity index is 1.67. The van der Waals surface area contributed by atoms with Gasteiger partial charge in [-0.05, 0) is 37.1 Å². The first-order valence-electron chi connectivity index (χ1n) is 8.58. The van der Waals surface area contributed by atoms with Gasteiger partial charge in [0.25, 0.3) is 11.6 Å². The summed E-state index contributed by atoms with van der Waals surface area (Å²) in [5.74, 6) is -0.487. The van der Waals surface area contributed by atoms with Crippen molar-refractivity contribution in [1.29, 1.82) is 0 Å². The number of hydrogen-bond acceptors (Lipinski definition) is 5. The number of nitro groups is 1. The summed E-state index contributed by atoms with van der Waals surface area (Å²) in [5.41, 5.74) is -0.373. The van der Waals surface area contributed by atoms with Crippen LogP contribution in [-0.4, -0.2) is 43.3 Å². The van der Waals surface area contributed by atoms with E-state index in [-0.39, 0.29) is 40.3 Å². The fourth-order valence-corrected chi connectivity index (χ4v) is 4.59. The zero-order valence-corrected chi connectivity index (χ0v) is 16.3. The summed E-state index contributed by atoms with van der Waals surface area (Å²) < 4.78 is 27.5. The molecule has 0 bridgehead atoms. The SMILES string of the molecule is O=C(c1cc(Cl)ccc1[N+](=O)[O-])N1CCC(NS(=O)(=O)c2ccccc2)CC1. The van der Waals surface area contributed by atoms with Crippen LogP contribution in [-0.2, 0) is 10.0 Å². The molecule has 1 aliphatic heterocycles. The summed E-state index contributed by atoms with van der Waals surface area (Å²) in [5, 5.41) is 11.4. The zero-order valence-electron chi connectivity index (χ0n) is 14.7. The number of rotatable bonds is 5. The highest BCUT2D eigenvalue weighted by Crippen LogP contribution is 2.25. The Morgan fingerprint density at radius 2 is 1.79 bits per heavy atom. The number of hydrogen-bond donors (Lipinski definition) is 1. The zero-order chi connectivity index (χ0) is 20.3. The first kappa shape index (κ1) is 20.2. The number of piperidine rings is 1.